The summed E-state index contributed by atoms with van der Waals surface area (Å²) in [6.45, 7) is 0.0125. The van der Waals surface area contributed by atoms with Gasteiger partial charge >= 0.3 is 12.4 Å². The molecule has 0 bridgehead atoms. The fourth-order valence-corrected chi connectivity index (χ4v) is 1.30. The molecule has 0 radical (unpaired) electrons. The molecule has 6 heteroatoms. The number of alkyl halides is 2. The highest BCUT2D eigenvalue weighted by molar-refractivity contribution is 5.81. The third-order valence-corrected chi connectivity index (χ3v) is 2.04. The second kappa shape index (κ2) is 3.68. The summed E-state index contributed by atoms with van der Waals surface area (Å²) in [4.78, 5) is 22.0. The number of halogens is 2. The molecule has 0 aromatic carbocycles. The predicted octanol–water partition coefficient (Wildman–Crippen LogP) is 0.185. The number of rotatable bonds is 2. The lowest BCUT2D eigenvalue weighted by atomic mass is 10.1. The first-order valence-corrected chi connectivity index (χ1v) is 3.82. The Hall–Kier alpha value is -1.20. The van der Waals surface area contributed by atoms with Gasteiger partial charge in [-0.15, -0.1) is 0 Å². The molecule has 0 aromatic heterocycles. The van der Waals surface area contributed by atoms with Gasteiger partial charge in [0.1, 0.15) is 0 Å². The summed E-state index contributed by atoms with van der Waals surface area (Å²) in [6, 6.07) is 0. The second-order valence-electron chi connectivity index (χ2n) is 2.91. The Morgan fingerprint density at radius 3 is 2.46 bits per heavy atom. The van der Waals surface area contributed by atoms with Crippen molar-refractivity contribution in [2.45, 2.75) is 12.8 Å². The third-order valence-electron chi connectivity index (χ3n) is 2.04. The lowest BCUT2D eigenvalue weighted by Gasteiger charge is -2.14. The topological polar surface area (TPSA) is 57.6 Å². The predicted molar refractivity (Wildman–Crippen MR) is 38.3 cm³/mol. The van der Waals surface area contributed by atoms with Crippen molar-refractivity contribution in [2.24, 2.45) is 5.92 Å². The molecule has 0 aliphatic carbocycles. The maximum absolute atomic E-state index is 11.9. The number of hydrogen-bond donors (Lipinski definition) is 1. The van der Waals surface area contributed by atoms with Gasteiger partial charge in [0.05, 0.1) is 5.92 Å². The minimum Gasteiger partial charge on any atom is -0.481 e. The van der Waals surface area contributed by atoms with E-state index in [1.54, 1.807) is 0 Å². The summed E-state index contributed by atoms with van der Waals surface area (Å²) in [6.07, 6.45) is -2.78. The van der Waals surface area contributed by atoms with Crippen molar-refractivity contribution in [3.63, 3.8) is 0 Å². The Balaban J connectivity index is 2.50. The smallest absolute Gasteiger partial charge is 0.315 e. The Morgan fingerprint density at radius 1 is 1.46 bits per heavy atom. The molecule has 1 atom stereocenters. The van der Waals surface area contributed by atoms with E-state index in [4.69, 9.17) is 5.11 Å². The van der Waals surface area contributed by atoms with Gasteiger partial charge in [-0.3, -0.25) is 9.59 Å². The highest BCUT2D eigenvalue weighted by Gasteiger charge is 2.33. The van der Waals surface area contributed by atoms with E-state index in [9.17, 15) is 18.4 Å². The minimum atomic E-state index is -3.03. The molecule has 4 nitrogen and oxygen atoms in total. The monoisotopic (exact) mass is 193 g/mol. The number of carboxylic acids is 1. The van der Waals surface area contributed by atoms with Crippen LogP contribution in [0.1, 0.15) is 6.42 Å². The van der Waals surface area contributed by atoms with Gasteiger partial charge in [-0.05, 0) is 6.42 Å². The number of nitrogens with zero attached hydrogens (tertiary/aromatic N) is 1. The van der Waals surface area contributed by atoms with Crippen LogP contribution in [0.5, 0.6) is 0 Å². The molecule has 1 aliphatic heterocycles. The maximum atomic E-state index is 11.9. The van der Waals surface area contributed by atoms with Crippen molar-refractivity contribution in [1.29, 1.82) is 0 Å². The number of hydrogen-bond acceptors (Lipinski definition) is 2. The molecule has 1 unspecified atom stereocenters. The lowest BCUT2D eigenvalue weighted by Crippen LogP contribution is -2.34. The van der Waals surface area contributed by atoms with E-state index in [0.717, 1.165) is 4.90 Å². The van der Waals surface area contributed by atoms with E-state index in [2.05, 4.69) is 0 Å². The zero-order chi connectivity index (χ0) is 10.0. The highest BCUT2D eigenvalue weighted by Crippen LogP contribution is 2.17. The van der Waals surface area contributed by atoms with Crippen LogP contribution in [0.3, 0.4) is 0 Å². The van der Waals surface area contributed by atoms with Crippen molar-refractivity contribution in [3.05, 3.63) is 0 Å². The van der Waals surface area contributed by atoms with Crippen LogP contribution in [0.15, 0.2) is 0 Å². The molecule has 1 fully saturated rings. The molecule has 0 spiro atoms. The first-order valence-electron chi connectivity index (χ1n) is 3.82. The molecule has 1 aliphatic rings. The summed E-state index contributed by atoms with van der Waals surface area (Å²) in [5, 5.41) is 8.53. The van der Waals surface area contributed by atoms with Crippen LogP contribution in [-0.2, 0) is 9.59 Å². The fraction of sp³-hybridized carbons (Fsp3) is 0.714. The van der Waals surface area contributed by atoms with Crippen molar-refractivity contribution in [2.75, 3.05) is 13.1 Å². The Bertz CT molecular complexity index is 232. The van der Waals surface area contributed by atoms with Crippen LogP contribution in [0.4, 0.5) is 8.78 Å². The van der Waals surface area contributed by atoms with Crippen molar-refractivity contribution >= 4 is 11.9 Å². The molecule has 1 saturated heterocycles. The van der Waals surface area contributed by atoms with Crippen LogP contribution in [0.2, 0.25) is 0 Å². The standard InChI is InChI=1S/C7H9F2NO3/c8-5(9)6(11)10-2-1-4(3-10)7(12)13/h4-5H,1-3H2,(H,12,13). The van der Waals surface area contributed by atoms with Crippen molar-refractivity contribution < 1.29 is 23.5 Å². The largest absolute Gasteiger partial charge is 0.481 e. The number of carboxylic acid groups (broad SMARTS) is 1. The van der Waals surface area contributed by atoms with E-state index in [-0.39, 0.29) is 19.5 Å². The van der Waals surface area contributed by atoms with E-state index < -0.39 is 24.2 Å². The number of carbonyl (C=O) groups excluding carboxylic acids is 1. The number of aliphatic carboxylic acids is 1. The van der Waals surface area contributed by atoms with Gasteiger partial charge in [0.2, 0.25) is 0 Å². The molecule has 1 heterocycles. The zero-order valence-electron chi connectivity index (χ0n) is 6.74. The minimum absolute atomic E-state index is 0.0987. The van der Waals surface area contributed by atoms with E-state index in [1.807, 2.05) is 0 Å². The summed E-state index contributed by atoms with van der Waals surface area (Å²) in [5.74, 6) is -3.00. The maximum Gasteiger partial charge on any atom is 0.315 e. The molecule has 1 amide bonds. The summed E-state index contributed by atoms with van der Waals surface area (Å²) in [5.41, 5.74) is 0. The molecule has 1 rings (SSSR count). The van der Waals surface area contributed by atoms with Crippen molar-refractivity contribution in [1.82, 2.24) is 4.90 Å². The van der Waals surface area contributed by atoms with Crippen LogP contribution >= 0.6 is 0 Å². The SMILES string of the molecule is O=C(O)C1CCN(C(=O)C(F)F)C1. The quantitative estimate of drug-likeness (QED) is 0.680. The molecule has 13 heavy (non-hydrogen) atoms. The number of likely N-dealkylation sites (tertiary alicyclic amines) is 1. The van der Waals surface area contributed by atoms with Crippen molar-refractivity contribution in [3.8, 4) is 0 Å². The van der Waals surface area contributed by atoms with Crippen LogP contribution in [0, 0.1) is 5.92 Å². The first-order chi connectivity index (χ1) is 6.02. The number of carbonyl (C=O) groups is 2. The molecule has 1 N–H and O–H groups in total. The second-order valence-corrected chi connectivity index (χ2v) is 2.91. The highest BCUT2D eigenvalue weighted by atomic mass is 19.3. The van der Waals surface area contributed by atoms with E-state index in [1.165, 1.54) is 0 Å². The van der Waals surface area contributed by atoms with Gasteiger partial charge < -0.3 is 10.0 Å². The third kappa shape index (κ3) is 2.13. The molecular weight excluding hydrogens is 184 g/mol. The number of amides is 1. The van der Waals surface area contributed by atoms with Gasteiger partial charge in [0, 0.05) is 13.1 Å². The Morgan fingerprint density at radius 2 is 2.08 bits per heavy atom. The zero-order valence-corrected chi connectivity index (χ0v) is 6.74. The molecule has 0 aromatic rings. The van der Waals surface area contributed by atoms with Crippen LogP contribution in [0.25, 0.3) is 0 Å². The normalized spacial score (nSPS) is 22.4. The van der Waals surface area contributed by atoms with Gasteiger partial charge in [-0.25, -0.2) is 0 Å². The molecular formula is C7H9F2NO3. The molecule has 74 valence electrons. The van der Waals surface area contributed by atoms with Crippen LogP contribution < -0.4 is 0 Å². The van der Waals surface area contributed by atoms with E-state index >= 15 is 0 Å². The Labute approximate surface area is 73.1 Å². The van der Waals surface area contributed by atoms with Crippen LogP contribution in [-0.4, -0.2) is 41.4 Å². The average molecular weight is 193 g/mol. The summed E-state index contributed by atoms with van der Waals surface area (Å²) in [7, 11) is 0. The van der Waals surface area contributed by atoms with E-state index in [0.29, 0.717) is 0 Å². The van der Waals surface area contributed by atoms with Gasteiger partial charge in [0.25, 0.3) is 5.91 Å². The summed E-state index contributed by atoms with van der Waals surface area (Å²) >= 11 is 0. The lowest BCUT2D eigenvalue weighted by molar-refractivity contribution is -0.143. The van der Waals surface area contributed by atoms with Gasteiger partial charge in [0.15, 0.2) is 0 Å². The first kappa shape index (κ1) is 9.88. The average Bonchev–Trinajstić information content (AvgIpc) is 2.50. The molecule has 0 saturated carbocycles. The van der Waals surface area contributed by atoms with Gasteiger partial charge in [-0.2, -0.15) is 8.78 Å². The Kier molecular flexibility index (Phi) is 2.79. The summed E-state index contributed by atoms with van der Waals surface area (Å²) < 4.78 is 23.7. The van der Waals surface area contributed by atoms with Gasteiger partial charge in [-0.1, -0.05) is 0 Å². The fourth-order valence-electron chi connectivity index (χ4n) is 1.30.